The van der Waals surface area contributed by atoms with Gasteiger partial charge in [-0.1, -0.05) is 0 Å². The van der Waals surface area contributed by atoms with Gasteiger partial charge in [-0.25, -0.2) is 0 Å². The third-order valence-electron chi connectivity index (χ3n) is 3.31. The van der Waals surface area contributed by atoms with E-state index in [0.717, 1.165) is 49.6 Å². The Morgan fingerprint density at radius 3 is 2.94 bits per heavy atom. The average Bonchev–Trinajstić information content (AvgIpc) is 2.73. The lowest BCUT2D eigenvalue weighted by Gasteiger charge is -2.20. The van der Waals surface area contributed by atoms with Crippen molar-refractivity contribution >= 4 is 11.3 Å². The van der Waals surface area contributed by atoms with Crippen molar-refractivity contribution in [2.45, 2.75) is 19.3 Å². The standard InChI is InChI=1S/C12H16N4O/c13-10-1-2-11-14-15-12(16(11)8-10)7-9-3-5-17-6-4-9/h1-2,8-9H,3-7,13H2. The van der Waals surface area contributed by atoms with Crippen molar-refractivity contribution in [3.05, 3.63) is 24.2 Å². The van der Waals surface area contributed by atoms with Gasteiger partial charge in [-0.05, 0) is 30.9 Å². The van der Waals surface area contributed by atoms with Crippen LogP contribution in [0.4, 0.5) is 5.69 Å². The number of nitrogens with zero attached hydrogens (tertiary/aromatic N) is 3. The van der Waals surface area contributed by atoms with Crippen LogP contribution < -0.4 is 5.73 Å². The summed E-state index contributed by atoms with van der Waals surface area (Å²) < 4.78 is 7.35. The summed E-state index contributed by atoms with van der Waals surface area (Å²) in [4.78, 5) is 0. The lowest BCUT2D eigenvalue weighted by atomic mass is 9.96. The highest BCUT2D eigenvalue weighted by molar-refractivity contribution is 5.47. The zero-order valence-electron chi connectivity index (χ0n) is 9.67. The van der Waals surface area contributed by atoms with Crippen LogP contribution in [-0.2, 0) is 11.2 Å². The highest BCUT2D eigenvalue weighted by atomic mass is 16.5. The van der Waals surface area contributed by atoms with Crippen molar-refractivity contribution in [2.24, 2.45) is 5.92 Å². The topological polar surface area (TPSA) is 65.4 Å². The molecule has 90 valence electrons. The number of hydrogen-bond acceptors (Lipinski definition) is 4. The van der Waals surface area contributed by atoms with Crippen LogP contribution in [0.25, 0.3) is 5.65 Å². The zero-order chi connectivity index (χ0) is 11.7. The smallest absolute Gasteiger partial charge is 0.160 e. The highest BCUT2D eigenvalue weighted by Gasteiger charge is 2.17. The maximum Gasteiger partial charge on any atom is 0.160 e. The Morgan fingerprint density at radius 2 is 2.12 bits per heavy atom. The van der Waals surface area contributed by atoms with Gasteiger partial charge in [-0.2, -0.15) is 0 Å². The van der Waals surface area contributed by atoms with E-state index in [-0.39, 0.29) is 0 Å². The molecule has 0 saturated carbocycles. The maximum atomic E-state index is 5.79. The van der Waals surface area contributed by atoms with E-state index in [2.05, 4.69) is 10.2 Å². The molecule has 0 spiro atoms. The van der Waals surface area contributed by atoms with Crippen molar-refractivity contribution in [1.29, 1.82) is 0 Å². The average molecular weight is 232 g/mol. The summed E-state index contributed by atoms with van der Waals surface area (Å²) >= 11 is 0. The minimum atomic E-state index is 0.651. The molecule has 1 aliphatic rings. The summed E-state index contributed by atoms with van der Waals surface area (Å²) in [6.07, 6.45) is 5.06. The van der Waals surface area contributed by atoms with Crippen molar-refractivity contribution in [1.82, 2.24) is 14.6 Å². The van der Waals surface area contributed by atoms with Crippen LogP contribution >= 0.6 is 0 Å². The largest absolute Gasteiger partial charge is 0.398 e. The summed E-state index contributed by atoms with van der Waals surface area (Å²) in [5, 5.41) is 8.40. The number of ether oxygens (including phenoxy) is 1. The first-order valence-electron chi connectivity index (χ1n) is 6.00. The maximum absolute atomic E-state index is 5.79. The molecule has 0 aliphatic carbocycles. The Kier molecular flexibility index (Phi) is 2.68. The third kappa shape index (κ3) is 2.10. The number of hydrogen-bond donors (Lipinski definition) is 1. The molecule has 0 radical (unpaired) electrons. The third-order valence-corrected chi connectivity index (χ3v) is 3.31. The van der Waals surface area contributed by atoms with Crippen LogP contribution in [0.1, 0.15) is 18.7 Å². The lowest BCUT2D eigenvalue weighted by molar-refractivity contribution is 0.0659. The summed E-state index contributed by atoms with van der Waals surface area (Å²) in [5.74, 6) is 1.65. The minimum Gasteiger partial charge on any atom is -0.398 e. The number of anilines is 1. The van der Waals surface area contributed by atoms with E-state index < -0.39 is 0 Å². The van der Waals surface area contributed by atoms with Crippen LogP contribution in [0, 0.1) is 5.92 Å². The number of rotatable bonds is 2. The molecule has 5 nitrogen and oxygen atoms in total. The molecule has 2 aromatic rings. The predicted molar refractivity (Wildman–Crippen MR) is 64.6 cm³/mol. The molecule has 2 N–H and O–H groups in total. The Hall–Kier alpha value is -1.62. The van der Waals surface area contributed by atoms with Gasteiger partial charge >= 0.3 is 0 Å². The second-order valence-electron chi connectivity index (χ2n) is 4.57. The number of nitrogen functional groups attached to an aromatic ring is 1. The van der Waals surface area contributed by atoms with Crippen molar-refractivity contribution < 1.29 is 4.74 Å². The minimum absolute atomic E-state index is 0.651. The molecule has 0 aromatic carbocycles. The summed E-state index contributed by atoms with van der Waals surface area (Å²) in [6, 6.07) is 3.75. The Balaban J connectivity index is 1.86. The Bertz CT molecular complexity index is 516. The molecule has 0 amide bonds. The fourth-order valence-corrected chi connectivity index (χ4v) is 2.30. The molecule has 1 fully saturated rings. The highest BCUT2D eigenvalue weighted by Crippen LogP contribution is 2.20. The molecule has 0 unspecified atom stereocenters. The molecule has 2 aromatic heterocycles. The van der Waals surface area contributed by atoms with Crippen LogP contribution in [0.2, 0.25) is 0 Å². The predicted octanol–water partition coefficient (Wildman–Crippen LogP) is 1.28. The summed E-state index contributed by atoms with van der Waals surface area (Å²) in [7, 11) is 0. The molecule has 3 rings (SSSR count). The number of fused-ring (bicyclic) bond motifs is 1. The molecular weight excluding hydrogens is 216 g/mol. The van der Waals surface area contributed by atoms with Gasteiger partial charge in [0.05, 0.1) is 0 Å². The number of aromatic nitrogens is 3. The lowest BCUT2D eigenvalue weighted by Crippen LogP contribution is -2.18. The van der Waals surface area contributed by atoms with Crippen LogP contribution in [-0.4, -0.2) is 27.8 Å². The molecule has 17 heavy (non-hydrogen) atoms. The van der Waals surface area contributed by atoms with E-state index in [4.69, 9.17) is 10.5 Å². The SMILES string of the molecule is Nc1ccc2nnc(CC3CCOCC3)n2c1. The van der Waals surface area contributed by atoms with E-state index in [1.54, 1.807) is 0 Å². The van der Waals surface area contributed by atoms with E-state index in [9.17, 15) is 0 Å². The van der Waals surface area contributed by atoms with Gasteiger partial charge in [0.15, 0.2) is 5.65 Å². The van der Waals surface area contributed by atoms with Gasteiger partial charge < -0.3 is 10.5 Å². The molecule has 3 heterocycles. The second-order valence-corrected chi connectivity index (χ2v) is 4.57. The Morgan fingerprint density at radius 1 is 1.29 bits per heavy atom. The van der Waals surface area contributed by atoms with Crippen LogP contribution in [0.5, 0.6) is 0 Å². The normalized spacial score (nSPS) is 17.6. The van der Waals surface area contributed by atoms with E-state index >= 15 is 0 Å². The van der Waals surface area contributed by atoms with Gasteiger partial charge in [-0.3, -0.25) is 4.40 Å². The first-order valence-corrected chi connectivity index (χ1v) is 6.00. The van der Waals surface area contributed by atoms with Gasteiger partial charge in [0.25, 0.3) is 0 Å². The molecule has 0 bridgehead atoms. The molecule has 0 atom stereocenters. The monoisotopic (exact) mass is 232 g/mol. The first-order chi connectivity index (χ1) is 8.33. The quantitative estimate of drug-likeness (QED) is 0.847. The summed E-state index contributed by atoms with van der Waals surface area (Å²) in [5.41, 5.74) is 7.39. The van der Waals surface area contributed by atoms with E-state index in [1.807, 2.05) is 22.7 Å². The van der Waals surface area contributed by atoms with Crippen molar-refractivity contribution in [3.8, 4) is 0 Å². The zero-order valence-corrected chi connectivity index (χ0v) is 9.67. The van der Waals surface area contributed by atoms with Gasteiger partial charge in [-0.15, -0.1) is 10.2 Å². The second kappa shape index (κ2) is 4.33. The van der Waals surface area contributed by atoms with Crippen molar-refractivity contribution in [3.63, 3.8) is 0 Å². The summed E-state index contributed by atoms with van der Waals surface area (Å²) in [6.45, 7) is 1.73. The number of nitrogens with two attached hydrogens (primary N) is 1. The van der Waals surface area contributed by atoms with Crippen LogP contribution in [0.3, 0.4) is 0 Å². The molecular formula is C12H16N4O. The van der Waals surface area contributed by atoms with Gasteiger partial charge in [0.2, 0.25) is 0 Å². The van der Waals surface area contributed by atoms with Crippen molar-refractivity contribution in [2.75, 3.05) is 18.9 Å². The first kappa shape index (κ1) is 10.5. The van der Waals surface area contributed by atoms with Gasteiger partial charge in [0, 0.05) is 31.5 Å². The molecule has 1 aliphatic heterocycles. The fraction of sp³-hybridized carbons (Fsp3) is 0.500. The fourth-order valence-electron chi connectivity index (χ4n) is 2.30. The van der Waals surface area contributed by atoms with E-state index in [0.29, 0.717) is 5.92 Å². The Labute approximate surface area is 99.6 Å². The number of pyridine rings is 1. The van der Waals surface area contributed by atoms with E-state index in [1.165, 1.54) is 0 Å². The molecule has 1 saturated heterocycles. The van der Waals surface area contributed by atoms with Gasteiger partial charge in [0.1, 0.15) is 5.82 Å². The molecule has 5 heteroatoms. The van der Waals surface area contributed by atoms with Crippen LogP contribution in [0.15, 0.2) is 18.3 Å².